The van der Waals surface area contributed by atoms with Crippen LogP contribution in [0, 0.1) is 0 Å². The molecule has 0 spiro atoms. The Kier molecular flexibility index (Phi) is 4.81. The fourth-order valence-corrected chi connectivity index (χ4v) is 3.17. The van der Waals surface area contributed by atoms with Crippen molar-refractivity contribution in [2.24, 2.45) is 0 Å². The predicted molar refractivity (Wildman–Crippen MR) is 94.6 cm³/mol. The molecule has 130 valence electrons. The molecule has 0 amide bonds. The Morgan fingerprint density at radius 3 is 2.96 bits per heavy atom. The number of H-pyrrole nitrogens is 1. The van der Waals surface area contributed by atoms with E-state index in [-0.39, 0.29) is 11.5 Å². The zero-order chi connectivity index (χ0) is 17.2. The molecule has 0 radical (unpaired) electrons. The number of ether oxygens (including phenoxy) is 2. The van der Waals surface area contributed by atoms with Gasteiger partial charge < -0.3 is 14.8 Å². The maximum atomic E-state index is 5.79. The highest BCUT2D eigenvalue weighted by Crippen LogP contribution is 2.35. The lowest BCUT2D eigenvalue weighted by atomic mass is 9.89. The van der Waals surface area contributed by atoms with Crippen molar-refractivity contribution in [3.05, 3.63) is 41.2 Å². The van der Waals surface area contributed by atoms with Crippen LogP contribution >= 0.6 is 0 Å². The predicted octanol–water partition coefficient (Wildman–Crippen LogP) is 3.72. The van der Waals surface area contributed by atoms with Crippen LogP contribution in [-0.4, -0.2) is 23.4 Å². The van der Waals surface area contributed by atoms with Gasteiger partial charge in [-0.2, -0.15) is 5.10 Å². The molecule has 0 fully saturated rings. The number of aromatic nitrogens is 2. The Morgan fingerprint density at radius 2 is 2.21 bits per heavy atom. The van der Waals surface area contributed by atoms with Gasteiger partial charge in [0.2, 0.25) is 0 Å². The van der Waals surface area contributed by atoms with Gasteiger partial charge in [0.15, 0.2) is 0 Å². The number of rotatable bonds is 5. The van der Waals surface area contributed by atoms with Crippen molar-refractivity contribution < 1.29 is 9.47 Å². The SMILES string of the molecule is CCOc1ccc2c(c1)C(NCc1cn[nH]c1C(C)(C)C)CCO2. The highest BCUT2D eigenvalue weighted by atomic mass is 16.5. The second kappa shape index (κ2) is 6.85. The third-order valence-corrected chi connectivity index (χ3v) is 4.34. The molecule has 1 atom stereocenters. The van der Waals surface area contributed by atoms with Crippen LogP contribution in [0.25, 0.3) is 0 Å². The fraction of sp³-hybridized carbons (Fsp3) is 0.526. The van der Waals surface area contributed by atoms with E-state index in [9.17, 15) is 0 Å². The number of fused-ring (bicyclic) bond motifs is 1. The minimum atomic E-state index is 0.0588. The Morgan fingerprint density at radius 1 is 1.38 bits per heavy atom. The van der Waals surface area contributed by atoms with E-state index in [1.807, 2.05) is 25.3 Å². The summed E-state index contributed by atoms with van der Waals surface area (Å²) in [4.78, 5) is 0. The largest absolute Gasteiger partial charge is 0.494 e. The molecular weight excluding hydrogens is 302 g/mol. The molecule has 5 heteroatoms. The summed E-state index contributed by atoms with van der Waals surface area (Å²) >= 11 is 0. The molecule has 2 heterocycles. The molecule has 24 heavy (non-hydrogen) atoms. The molecule has 2 N–H and O–H groups in total. The number of aromatic amines is 1. The van der Waals surface area contributed by atoms with E-state index in [4.69, 9.17) is 9.47 Å². The Bertz CT molecular complexity index is 688. The Hall–Kier alpha value is -2.01. The Balaban J connectivity index is 1.76. The van der Waals surface area contributed by atoms with Gasteiger partial charge in [0, 0.05) is 41.2 Å². The quantitative estimate of drug-likeness (QED) is 0.878. The molecule has 5 nitrogen and oxygen atoms in total. The van der Waals surface area contributed by atoms with Crippen molar-refractivity contribution in [3.63, 3.8) is 0 Å². The van der Waals surface area contributed by atoms with Crippen LogP contribution < -0.4 is 14.8 Å². The van der Waals surface area contributed by atoms with Crippen LogP contribution in [0.5, 0.6) is 11.5 Å². The van der Waals surface area contributed by atoms with Crippen molar-refractivity contribution in [2.75, 3.05) is 13.2 Å². The summed E-state index contributed by atoms with van der Waals surface area (Å²) in [6, 6.07) is 6.33. The first kappa shape index (κ1) is 16.8. The van der Waals surface area contributed by atoms with Crippen molar-refractivity contribution in [3.8, 4) is 11.5 Å². The molecule has 1 aliphatic heterocycles. The van der Waals surface area contributed by atoms with Crippen molar-refractivity contribution in [1.29, 1.82) is 0 Å². The van der Waals surface area contributed by atoms with Gasteiger partial charge in [-0.1, -0.05) is 20.8 Å². The fourth-order valence-electron chi connectivity index (χ4n) is 3.17. The molecule has 0 saturated carbocycles. The van der Waals surface area contributed by atoms with Crippen LogP contribution in [0.4, 0.5) is 0 Å². The molecule has 1 aliphatic rings. The average Bonchev–Trinajstić information content (AvgIpc) is 3.02. The van der Waals surface area contributed by atoms with Crippen LogP contribution in [0.1, 0.15) is 57.0 Å². The smallest absolute Gasteiger partial charge is 0.124 e. The van der Waals surface area contributed by atoms with Crippen molar-refractivity contribution >= 4 is 0 Å². The van der Waals surface area contributed by atoms with Gasteiger partial charge in [-0.3, -0.25) is 5.10 Å². The lowest BCUT2D eigenvalue weighted by Crippen LogP contribution is -2.27. The number of benzene rings is 1. The van der Waals surface area contributed by atoms with Crippen LogP contribution in [0.3, 0.4) is 0 Å². The molecule has 1 aromatic heterocycles. The van der Waals surface area contributed by atoms with Crippen LogP contribution in [-0.2, 0) is 12.0 Å². The first-order valence-electron chi connectivity index (χ1n) is 8.64. The number of nitrogens with one attached hydrogen (secondary N) is 2. The lowest BCUT2D eigenvalue weighted by Gasteiger charge is -2.28. The van der Waals surface area contributed by atoms with E-state index >= 15 is 0 Å². The van der Waals surface area contributed by atoms with Crippen LogP contribution in [0.15, 0.2) is 24.4 Å². The second-order valence-corrected chi connectivity index (χ2v) is 7.22. The summed E-state index contributed by atoms with van der Waals surface area (Å²) in [7, 11) is 0. The zero-order valence-corrected chi connectivity index (χ0v) is 15.0. The summed E-state index contributed by atoms with van der Waals surface area (Å²) in [5, 5.41) is 11.0. The van der Waals surface area contributed by atoms with Gasteiger partial charge in [0.25, 0.3) is 0 Å². The van der Waals surface area contributed by atoms with E-state index < -0.39 is 0 Å². The first-order chi connectivity index (χ1) is 11.5. The van der Waals surface area contributed by atoms with Gasteiger partial charge in [0.05, 0.1) is 19.4 Å². The number of hydrogen-bond donors (Lipinski definition) is 2. The molecule has 3 rings (SSSR count). The van der Waals surface area contributed by atoms with Crippen LogP contribution in [0.2, 0.25) is 0 Å². The van der Waals surface area contributed by atoms with Gasteiger partial charge in [0.1, 0.15) is 11.5 Å². The third-order valence-electron chi connectivity index (χ3n) is 4.34. The van der Waals surface area contributed by atoms with Gasteiger partial charge in [-0.15, -0.1) is 0 Å². The van der Waals surface area contributed by atoms with Crippen molar-refractivity contribution in [1.82, 2.24) is 15.5 Å². The van der Waals surface area contributed by atoms with E-state index in [1.165, 1.54) is 16.8 Å². The standard InChI is InChI=1S/C19H27N3O2/c1-5-23-14-6-7-17-15(10-14)16(8-9-24-17)20-11-13-12-21-22-18(13)19(2,3)4/h6-7,10,12,16,20H,5,8-9,11H2,1-4H3,(H,21,22). The summed E-state index contributed by atoms with van der Waals surface area (Å²) in [6.07, 6.45) is 2.87. The van der Waals surface area contributed by atoms with E-state index in [2.05, 4.69) is 42.4 Å². The maximum Gasteiger partial charge on any atom is 0.124 e. The van der Waals surface area contributed by atoms with Gasteiger partial charge >= 0.3 is 0 Å². The highest BCUT2D eigenvalue weighted by molar-refractivity contribution is 5.43. The third kappa shape index (κ3) is 3.56. The minimum absolute atomic E-state index is 0.0588. The van der Waals surface area contributed by atoms with Gasteiger partial charge in [-0.25, -0.2) is 0 Å². The summed E-state index contributed by atoms with van der Waals surface area (Å²) in [5.41, 5.74) is 3.64. The topological polar surface area (TPSA) is 59.2 Å². The first-order valence-corrected chi connectivity index (χ1v) is 8.64. The molecule has 0 saturated heterocycles. The molecule has 0 bridgehead atoms. The molecule has 0 aliphatic carbocycles. The van der Waals surface area contributed by atoms with Gasteiger partial charge in [-0.05, 0) is 25.1 Å². The summed E-state index contributed by atoms with van der Waals surface area (Å²) in [6.45, 7) is 10.8. The monoisotopic (exact) mass is 329 g/mol. The molecule has 1 unspecified atom stereocenters. The normalized spacial score (nSPS) is 17.2. The highest BCUT2D eigenvalue weighted by Gasteiger charge is 2.24. The Labute approximate surface area is 143 Å². The summed E-state index contributed by atoms with van der Waals surface area (Å²) in [5.74, 6) is 1.85. The lowest BCUT2D eigenvalue weighted by molar-refractivity contribution is 0.250. The zero-order valence-electron chi connectivity index (χ0n) is 15.0. The maximum absolute atomic E-state index is 5.79. The number of hydrogen-bond acceptors (Lipinski definition) is 4. The van der Waals surface area contributed by atoms with E-state index in [0.717, 1.165) is 31.1 Å². The second-order valence-electron chi connectivity index (χ2n) is 7.22. The van der Waals surface area contributed by atoms with E-state index in [0.29, 0.717) is 6.61 Å². The van der Waals surface area contributed by atoms with E-state index in [1.54, 1.807) is 0 Å². The number of nitrogens with zero attached hydrogens (tertiary/aromatic N) is 1. The molecular formula is C19H27N3O2. The minimum Gasteiger partial charge on any atom is -0.494 e. The summed E-state index contributed by atoms with van der Waals surface area (Å²) < 4.78 is 11.4. The molecule has 1 aromatic carbocycles. The average molecular weight is 329 g/mol. The van der Waals surface area contributed by atoms with Crippen molar-refractivity contribution in [2.45, 2.75) is 52.1 Å². The molecule has 2 aromatic rings.